The summed E-state index contributed by atoms with van der Waals surface area (Å²) < 4.78 is 5.38. The lowest BCUT2D eigenvalue weighted by molar-refractivity contribution is -0.163. The van der Waals surface area contributed by atoms with E-state index in [1.807, 2.05) is 25.1 Å². The standard InChI is InChI=1S/C21H28N2O4/c1-4-26-20(25)21(10-7-11-23(14-21)16(3)24)13-17-12-19(22-27-17)18-9-6-5-8-15(18)2/h5-6,8-9,17H,4,7,10-14H2,1-3H3/t17-,21+/m0/s1. The van der Waals surface area contributed by atoms with Crippen molar-refractivity contribution in [3.05, 3.63) is 35.4 Å². The van der Waals surface area contributed by atoms with Crippen molar-refractivity contribution in [2.24, 2.45) is 10.6 Å². The number of ether oxygens (including phenoxy) is 1. The maximum absolute atomic E-state index is 12.8. The van der Waals surface area contributed by atoms with Gasteiger partial charge >= 0.3 is 5.97 Å². The maximum Gasteiger partial charge on any atom is 0.314 e. The smallest absolute Gasteiger partial charge is 0.314 e. The Hall–Kier alpha value is -2.37. The summed E-state index contributed by atoms with van der Waals surface area (Å²) in [5, 5.41) is 4.29. The number of hydrogen-bond acceptors (Lipinski definition) is 5. The summed E-state index contributed by atoms with van der Waals surface area (Å²) in [7, 11) is 0. The third-order valence-electron chi connectivity index (χ3n) is 5.54. The Labute approximate surface area is 160 Å². The van der Waals surface area contributed by atoms with E-state index in [0.717, 1.165) is 23.3 Å². The molecule has 1 fully saturated rings. The normalized spacial score (nSPS) is 24.9. The summed E-state index contributed by atoms with van der Waals surface area (Å²) in [5.41, 5.74) is 2.43. The zero-order valence-electron chi connectivity index (χ0n) is 16.4. The number of carbonyl (C=O) groups excluding carboxylic acids is 2. The second-order valence-electron chi connectivity index (χ2n) is 7.53. The monoisotopic (exact) mass is 372 g/mol. The van der Waals surface area contributed by atoms with Crippen molar-refractivity contribution < 1.29 is 19.2 Å². The number of amides is 1. The Balaban J connectivity index is 1.75. The molecule has 3 rings (SSSR count). The highest BCUT2D eigenvalue weighted by molar-refractivity contribution is 6.02. The van der Waals surface area contributed by atoms with Gasteiger partial charge in [0, 0.05) is 38.4 Å². The van der Waals surface area contributed by atoms with Gasteiger partial charge in [0.15, 0.2) is 0 Å². The summed E-state index contributed by atoms with van der Waals surface area (Å²) in [6.45, 7) is 6.82. The van der Waals surface area contributed by atoms with Crippen LogP contribution in [0.2, 0.25) is 0 Å². The third-order valence-corrected chi connectivity index (χ3v) is 5.54. The van der Waals surface area contributed by atoms with Gasteiger partial charge in [-0.3, -0.25) is 9.59 Å². The molecule has 0 aromatic heterocycles. The van der Waals surface area contributed by atoms with Crippen LogP contribution >= 0.6 is 0 Å². The van der Waals surface area contributed by atoms with Gasteiger partial charge in [-0.2, -0.15) is 0 Å². The molecule has 0 saturated carbocycles. The fourth-order valence-electron chi connectivity index (χ4n) is 4.13. The minimum Gasteiger partial charge on any atom is -0.466 e. The minimum absolute atomic E-state index is 0.00689. The van der Waals surface area contributed by atoms with Crippen molar-refractivity contribution >= 4 is 17.6 Å². The van der Waals surface area contributed by atoms with Crippen molar-refractivity contribution in [1.29, 1.82) is 0 Å². The number of esters is 1. The van der Waals surface area contributed by atoms with Crippen LogP contribution in [0.4, 0.5) is 0 Å². The summed E-state index contributed by atoms with van der Waals surface area (Å²) in [5.74, 6) is -0.239. The van der Waals surface area contributed by atoms with E-state index in [1.165, 1.54) is 0 Å². The van der Waals surface area contributed by atoms with Gasteiger partial charge < -0.3 is 14.5 Å². The van der Waals surface area contributed by atoms with E-state index in [0.29, 0.717) is 39.0 Å². The summed E-state index contributed by atoms with van der Waals surface area (Å²) in [6, 6.07) is 8.08. The molecule has 0 bridgehead atoms. The number of likely N-dealkylation sites (tertiary alicyclic amines) is 1. The first-order valence-electron chi connectivity index (χ1n) is 9.66. The van der Waals surface area contributed by atoms with Crippen LogP contribution in [-0.4, -0.2) is 48.3 Å². The van der Waals surface area contributed by atoms with Crippen LogP contribution in [0, 0.1) is 12.3 Å². The molecule has 1 aromatic rings. The van der Waals surface area contributed by atoms with E-state index >= 15 is 0 Å². The van der Waals surface area contributed by atoms with Crippen molar-refractivity contribution in [1.82, 2.24) is 4.90 Å². The van der Waals surface area contributed by atoms with Gasteiger partial charge in [0.1, 0.15) is 6.10 Å². The number of aryl methyl sites for hydroxylation is 1. The molecule has 146 valence electrons. The first-order chi connectivity index (χ1) is 12.9. The lowest BCUT2D eigenvalue weighted by Gasteiger charge is -2.41. The van der Waals surface area contributed by atoms with Crippen LogP contribution < -0.4 is 0 Å². The average Bonchev–Trinajstić information content (AvgIpc) is 3.10. The molecular weight excluding hydrogens is 344 g/mol. The molecule has 2 atom stereocenters. The Morgan fingerprint density at radius 1 is 1.37 bits per heavy atom. The van der Waals surface area contributed by atoms with Crippen molar-refractivity contribution in [3.8, 4) is 0 Å². The van der Waals surface area contributed by atoms with Gasteiger partial charge in [-0.1, -0.05) is 29.4 Å². The quantitative estimate of drug-likeness (QED) is 0.745. The number of oxime groups is 1. The van der Waals surface area contributed by atoms with Crippen molar-refractivity contribution in [3.63, 3.8) is 0 Å². The number of carbonyl (C=O) groups is 2. The molecule has 0 N–H and O–H groups in total. The van der Waals surface area contributed by atoms with E-state index in [9.17, 15) is 9.59 Å². The van der Waals surface area contributed by atoms with E-state index in [-0.39, 0.29) is 18.0 Å². The van der Waals surface area contributed by atoms with Crippen LogP contribution in [0.25, 0.3) is 0 Å². The Morgan fingerprint density at radius 3 is 2.85 bits per heavy atom. The average molecular weight is 372 g/mol. The zero-order chi connectivity index (χ0) is 19.4. The van der Waals surface area contributed by atoms with Gasteiger partial charge in [-0.15, -0.1) is 0 Å². The predicted octanol–water partition coefficient (Wildman–Crippen LogP) is 3.07. The van der Waals surface area contributed by atoms with E-state index in [4.69, 9.17) is 9.57 Å². The molecule has 27 heavy (non-hydrogen) atoms. The van der Waals surface area contributed by atoms with Gasteiger partial charge in [-0.25, -0.2) is 0 Å². The summed E-state index contributed by atoms with van der Waals surface area (Å²) >= 11 is 0. The highest BCUT2D eigenvalue weighted by Crippen LogP contribution is 2.39. The van der Waals surface area contributed by atoms with E-state index in [2.05, 4.69) is 18.1 Å². The van der Waals surface area contributed by atoms with E-state index < -0.39 is 5.41 Å². The Bertz CT molecular complexity index is 745. The predicted molar refractivity (Wildman–Crippen MR) is 102 cm³/mol. The second kappa shape index (κ2) is 8.11. The zero-order valence-corrected chi connectivity index (χ0v) is 16.4. The SMILES string of the molecule is CCOC(=O)[C@@]1(C[C@@H]2CC(c3ccccc3C)=NO2)CCCN(C(C)=O)C1. The first-order valence-corrected chi connectivity index (χ1v) is 9.66. The Kier molecular flexibility index (Phi) is 5.82. The molecule has 6 heteroatoms. The molecule has 1 aromatic carbocycles. The first kappa shape index (κ1) is 19.4. The number of nitrogens with zero attached hydrogens (tertiary/aromatic N) is 2. The van der Waals surface area contributed by atoms with Crippen LogP contribution in [0.1, 0.15) is 50.7 Å². The number of piperidine rings is 1. The second-order valence-corrected chi connectivity index (χ2v) is 7.53. The lowest BCUT2D eigenvalue weighted by Crippen LogP contribution is -2.51. The highest BCUT2D eigenvalue weighted by Gasteiger charge is 2.47. The van der Waals surface area contributed by atoms with Crippen LogP contribution in [-0.2, 0) is 19.2 Å². The van der Waals surface area contributed by atoms with Gasteiger partial charge in [-0.05, 0) is 32.3 Å². The molecule has 0 unspecified atom stereocenters. The van der Waals surface area contributed by atoms with Crippen LogP contribution in [0.15, 0.2) is 29.4 Å². The molecule has 2 aliphatic heterocycles. The summed E-state index contributed by atoms with van der Waals surface area (Å²) in [4.78, 5) is 32.2. The fraction of sp³-hybridized carbons (Fsp3) is 0.571. The molecular formula is C21H28N2O4. The van der Waals surface area contributed by atoms with Gasteiger partial charge in [0.05, 0.1) is 17.7 Å². The molecule has 2 aliphatic rings. The minimum atomic E-state index is -0.721. The van der Waals surface area contributed by atoms with Crippen molar-refractivity contribution in [2.75, 3.05) is 19.7 Å². The van der Waals surface area contributed by atoms with Crippen LogP contribution in [0.5, 0.6) is 0 Å². The van der Waals surface area contributed by atoms with Gasteiger partial charge in [0.25, 0.3) is 0 Å². The molecule has 0 radical (unpaired) electrons. The molecule has 1 saturated heterocycles. The molecule has 1 amide bonds. The number of hydrogen-bond donors (Lipinski definition) is 0. The van der Waals surface area contributed by atoms with E-state index in [1.54, 1.807) is 11.8 Å². The van der Waals surface area contributed by atoms with Crippen molar-refractivity contribution in [2.45, 2.75) is 52.6 Å². The largest absolute Gasteiger partial charge is 0.466 e. The van der Waals surface area contributed by atoms with Crippen LogP contribution in [0.3, 0.4) is 0 Å². The molecule has 6 nitrogen and oxygen atoms in total. The highest BCUT2D eigenvalue weighted by atomic mass is 16.6. The number of benzene rings is 1. The maximum atomic E-state index is 12.8. The molecule has 0 spiro atoms. The Morgan fingerprint density at radius 2 is 2.15 bits per heavy atom. The van der Waals surface area contributed by atoms with Gasteiger partial charge in [0.2, 0.25) is 5.91 Å². The fourth-order valence-corrected chi connectivity index (χ4v) is 4.13. The topological polar surface area (TPSA) is 68.2 Å². The third kappa shape index (κ3) is 4.15. The lowest BCUT2D eigenvalue weighted by atomic mass is 9.74. The number of rotatable bonds is 5. The summed E-state index contributed by atoms with van der Waals surface area (Å²) in [6.07, 6.45) is 2.47. The molecule has 0 aliphatic carbocycles. The molecule has 2 heterocycles.